The summed E-state index contributed by atoms with van der Waals surface area (Å²) in [7, 11) is 1.62. The second-order valence-corrected chi connectivity index (χ2v) is 9.78. The highest BCUT2D eigenvalue weighted by Crippen LogP contribution is 2.28. The fourth-order valence-electron chi connectivity index (χ4n) is 2.67. The minimum absolute atomic E-state index is 0.116. The Morgan fingerprint density at radius 3 is 2.31 bits per heavy atom. The third-order valence-corrected chi connectivity index (χ3v) is 6.00. The van der Waals surface area contributed by atoms with Crippen LogP contribution in [0.5, 0.6) is 5.75 Å². The summed E-state index contributed by atoms with van der Waals surface area (Å²) < 4.78 is 10.4. The van der Waals surface area contributed by atoms with Crippen LogP contribution in [0.3, 0.4) is 0 Å². The first-order valence-electron chi connectivity index (χ1n) is 10.5. The second-order valence-electron chi connectivity index (χ2n) is 8.39. The smallest absolute Gasteiger partial charge is 0.339 e. The number of rotatable bonds is 10. The summed E-state index contributed by atoms with van der Waals surface area (Å²) in [5.41, 5.74) is 0.869. The quantitative estimate of drug-likeness (QED) is 0.423. The monoisotopic (exact) mass is 457 g/mol. The first-order valence-corrected chi connectivity index (χ1v) is 11.4. The summed E-state index contributed by atoms with van der Waals surface area (Å²) in [5.74, 6) is -0.0456. The zero-order valence-corrected chi connectivity index (χ0v) is 20.1. The number of benzene rings is 2. The van der Waals surface area contributed by atoms with E-state index in [4.69, 9.17) is 9.47 Å². The van der Waals surface area contributed by atoms with Gasteiger partial charge < -0.3 is 14.8 Å². The summed E-state index contributed by atoms with van der Waals surface area (Å²) in [6, 6.07) is 14.7. The van der Waals surface area contributed by atoms with Crippen LogP contribution in [0.1, 0.15) is 43.6 Å². The summed E-state index contributed by atoms with van der Waals surface area (Å²) >= 11 is 1.28. The lowest BCUT2D eigenvalue weighted by Crippen LogP contribution is -2.32. The molecule has 0 aliphatic heterocycles. The van der Waals surface area contributed by atoms with Crippen molar-refractivity contribution in [2.24, 2.45) is 5.41 Å². The van der Waals surface area contributed by atoms with Gasteiger partial charge >= 0.3 is 5.97 Å². The predicted octanol–water partition coefficient (Wildman–Crippen LogP) is 4.31. The van der Waals surface area contributed by atoms with Crippen LogP contribution in [0.25, 0.3) is 0 Å². The number of amides is 1. The number of ether oxygens (including phenoxy) is 2. The van der Waals surface area contributed by atoms with E-state index in [2.05, 4.69) is 5.32 Å². The lowest BCUT2D eigenvalue weighted by Gasteiger charge is -2.17. The van der Waals surface area contributed by atoms with Gasteiger partial charge in [-0.1, -0.05) is 45.0 Å². The highest BCUT2D eigenvalue weighted by molar-refractivity contribution is 8.00. The Kier molecular flexibility index (Phi) is 9.32. The van der Waals surface area contributed by atoms with E-state index in [0.717, 1.165) is 11.3 Å². The third-order valence-electron chi connectivity index (χ3n) is 4.82. The van der Waals surface area contributed by atoms with Crippen molar-refractivity contribution in [2.45, 2.75) is 44.3 Å². The molecule has 0 aliphatic carbocycles. The van der Waals surface area contributed by atoms with Crippen LogP contribution in [0, 0.1) is 5.41 Å². The Hall–Kier alpha value is -2.80. The summed E-state index contributed by atoms with van der Waals surface area (Å²) in [6.07, 6.45) is 0.706. The number of Topliss-reactive ketones (excluding diaryl/α,β-unsaturated/α-hetero) is 1. The number of carbonyl (C=O) groups excluding carboxylic acids is 3. The molecule has 32 heavy (non-hydrogen) atoms. The van der Waals surface area contributed by atoms with Crippen molar-refractivity contribution < 1.29 is 23.9 Å². The van der Waals surface area contributed by atoms with E-state index in [1.165, 1.54) is 11.8 Å². The first-order chi connectivity index (χ1) is 15.1. The molecule has 7 heteroatoms. The van der Waals surface area contributed by atoms with Crippen molar-refractivity contribution in [3.05, 3.63) is 59.7 Å². The van der Waals surface area contributed by atoms with E-state index in [1.807, 2.05) is 24.3 Å². The maximum Gasteiger partial charge on any atom is 0.339 e. The lowest BCUT2D eigenvalue weighted by atomic mass is 9.91. The molecule has 0 unspecified atom stereocenters. The predicted molar refractivity (Wildman–Crippen MR) is 126 cm³/mol. The van der Waals surface area contributed by atoms with Gasteiger partial charge in [0, 0.05) is 16.9 Å². The zero-order chi connectivity index (χ0) is 23.7. The maximum atomic E-state index is 12.5. The standard InChI is InChI=1S/C25H31NO5S/c1-17(23(28)26-15-14-18-10-12-19(30-5)13-11-18)32-21-9-7-6-8-20(21)24(29)31-16-22(27)25(2,3)4/h6-13,17H,14-16H2,1-5H3,(H,26,28)/t17-/m0/s1. The number of esters is 1. The van der Waals surface area contributed by atoms with Crippen LogP contribution in [0.2, 0.25) is 0 Å². The van der Waals surface area contributed by atoms with Crippen LogP contribution in [-0.4, -0.2) is 43.2 Å². The normalized spacial score (nSPS) is 12.0. The maximum absolute atomic E-state index is 12.5. The van der Waals surface area contributed by atoms with Gasteiger partial charge in [0.2, 0.25) is 5.91 Å². The Morgan fingerprint density at radius 2 is 1.69 bits per heavy atom. The van der Waals surface area contributed by atoms with Crippen molar-refractivity contribution in [2.75, 3.05) is 20.3 Å². The summed E-state index contributed by atoms with van der Waals surface area (Å²) in [4.78, 5) is 37.7. The van der Waals surface area contributed by atoms with Gasteiger partial charge in [-0.25, -0.2) is 4.79 Å². The van der Waals surface area contributed by atoms with Gasteiger partial charge in [0.1, 0.15) is 5.75 Å². The first kappa shape index (κ1) is 25.5. The van der Waals surface area contributed by atoms with E-state index >= 15 is 0 Å². The van der Waals surface area contributed by atoms with Crippen LogP contribution < -0.4 is 10.1 Å². The van der Waals surface area contributed by atoms with E-state index in [-0.39, 0.29) is 18.3 Å². The number of nitrogens with one attached hydrogen (secondary N) is 1. The molecule has 0 bridgehead atoms. The minimum Gasteiger partial charge on any atom is -0.497 e. The molecular weight excluding hydrogens is 426 g/mol. The average Bonchev–Trinajstić information content (AvgIpc) is 2.77. The number of hydrogen-bond donors (Lipinski definition) is 1. The van der Waals surface area contributed by atoms with Gasteiger partial charge in [-0.05, 0) is 43.2 Å². The Bertz CT molecular complexity index is 934. The highest BCUT2D eigenvalue weighted by atomic mass is 32.2. The van der Waals surface area contributed by atoms with E-state index in [9.17, 15) is 14.4 Å². The molecule has 1 atom stereocenters. The number of thioether (sulfide) groups is 1. The van der Waals surface area contributed by atoms with Crippen LogP contribution in [0.4, 0.5) is 0 Å². The van der Waals surface area contributed by atoms with Gasteiger partial charge in [-0.3, -0.25) is 9.59 Å². The number of ketones is 1. The van der Waals surface area contributed by atoms with Gasteiger partial charge in [0.25, 0.3) is 0 Å². The molecule has 172 valence electrons. The summed E-state index contributed by atoms with van der Waals surface area (Å²) in [5, 5.41) is 2.53. The van der Waals surface area contributed by atoms with Crippen LogP contribution >= 0.6 is 11.8 Å². The number of hydrogen-bond acceptors (Lipinski definition) is 6. The number of carbonyl (C=O) groups is 3. The Balaban J connectivity index is 1.90. The van der Waals surface area contributed by atoms with E-state index in [0.29, 0.717) is 23.4 Å². The molecule has 0 spiro atoms. The third kappa shape index (κ3) is 7.71. The Labute approximate surface area is 194 Å². The van der Waals surface area contributed by atoms with Crippen LogP contribution in [-0.2, 0) is 20.7 Å². The molecule has 2 aromatic carbocycles. The molecule has 0 saturated carbocycles. The molecular formula is C25H31NO5S. The molecule has 6 nitrogen and oxygen atoms in total. The van der Waals surface area contributed by atoms with Crippen molar-refractivity contribution in [3.63, 3.8) is 0 Å². The largest absolute Gasteiger partial charge is 0.497 e. The fourth-order valence-corrected chi connectivity index (χ4v) is 3.68. The number of methoxy groups -OCH3 is 1. The Morgan fingerprint density at radius 1 is 1.03 bits per heavy atom. The topological polar surface area (TPSA) is 81.7 Å². The molecule has 0 saturated heterocycles. The SMILES string of the molecule is COc1ccc(CCNC(=O)[C@H](C)Sc2ccccc2C(=O)OCC(=O)C(C)(C)C)cc1. The molecule has 0 radical (unpaired) electrons. The van der Waals surface area contributed by atoms with E-state index in [1.54, 1.807) is 59.1 Å². The average molecular weight is 458 g/mol. The van der Waals surface area contributed by atoms with Crippen LogP contribution in [0.15, 0.2) is 53.4 Å². The molecule has 0 fully saturated rings. The molecule has 1 amide bonds. The van der Waals surface area contributed by atoms with Crippen molar-refractivity contribution in [3.8, 4) is 5.75 Å². The minimum atomic E-state index is -0.576. The summed E-state index contributed by atoms with van der Waals surface area (Å²) in [6.45, 7) is 7.36. The molecule has 2 rings (SSSR count). The zero-order valence-electron chi connectivity index (χ0n) is 19.3. The van der Waals surface area contributed by atoms with Crippen molar-refractivity contribution >= 4 is 29.4 Å². The van der Waals surface area contributed by atoms with Gasteiger partial charge in [-0.2, -0.15) is 0 Å². The van der Waals surface area contributed by atoms with Gasteiger partial charge in [0.15, 0.2) is 12.4 Å². The van der Waals surface area contributed by atoms with Gasteiger partial charge in [0.05, 0.1) is 17.9 Å². The molecule has 2 aromatic rings. The fraction of sp³-hybridized carbons (Fsp3) is 0.400. The molecule has 1 N–H and O–H groups in total. The molecule has 0 aliphatic rings. The van der Waals surface area contributed by atoms with Crippen molar-refractivity contribution in [1.82, 2.24) is 5.32 Å². The second kappa shape index (κ2) is 11.7. The molecule has 0 aromatic heterocycles. The molecule has 0 heterocycles. The van der Waals surface area contributed by atoms with Crippen molar-refractivity contribution in [1.29, 1.82) is 0 Å². The van der Waals surface area contributed by atoms with E-state index < -0.39 is 16.6 Å². The highest BCUT2D eigenvalue weighted by Gasteiger charge is 2.24. The van der Waals surface area contributed by atoms with Gasteiger partial charge in [-0.15, -0.1) is 11.8 Å². The lowest BCUT2D eigenvalue weighted by molar-refractivity contribution is -0.129.